The molecule has 0 fully saturated rings. The third kappa shape index (κ3) is 3.89. The lowest BCUT2D eigenvalue weighted by Crippen LogP contribution is -2.32. The maximum absolute atomic E-state index is 13.5. The number of para-hydroxylation sites is 1. The van der Waals surface area contributed by atoms with E-state index in [4.69, 9.17) is 16.3 Å². The molecule has 0 saturated heterocycles. The summed E-state index contributed by atoms with van der Waals surface area (Å²) < 4.78 is 18.6. The number of methoxy groups -OCH3 is 1. The van der Waals surface area contributed by atoms with Gasteiger partial charge in [0.2, 0.25) is 5.91 Å². The number of carbonyl (C=O) groups excluding carboxylic acids is 1. The maximum atomic E-state index is 13.5. The lowest BCUT2D eigenvalue weighted by molar-refractivity contribution is -0.116. The molecule has 6 heteroatoms. The third-order valence-corrected chi connectivity index (χ3v) is 3.36. The molecule has 1 amide bonds. The molecule has 2 rings (SSSR count). The molecule has 22 heavy (non-hydrogen) atoms. The summed E-state index contributed by atoms with van der Waals surface area (Å²) in [5.41, 5.74) is 0.816. The number of ether oxygens (including phenoxy) is 1. The molecule has 0 aromatic heterocycles. The number of benzene rings is 2. The SMILES string of the molecule is COc1ccc(N[C@H](C)C(=O)Nc2ccccc2F)cc1Cl. The van der Waals surface area contributed by atoms with Gasteiger partial charge in [-0.2, -0.15) is 0 Å². The molecule has 2 aromatic carbocycles. The summed E-state index contributed by atoms with van der Waals surface area (Å²) in [6.07, 6.45) is 0. The highest BCUT2D eigenvalue weighted by atomic mass is 35.5. The molecule has 0 spiro atoms. The van der Waals surface area contributed by atoms with Gasteiger partial charge in [0, 0.05) is 5.69 Å². The van der Waals surface area contributed by atoms with Crippen molar-refractivity contribution in [1.82, 2.24) is 0 Å². The molecular weight excluding hydrogens is 307 g/mol. The Labute approximate surface area is 133 Å². The molecule has 0 unspecified atom stereocenters. The van der Waals surface area contributed by atoms with Crippen molar-refractivity contribution >= 4 is 28.9 Å². The van der Waals surface area contributed by atoms with E-state index in [1.165, 1.54) is 19.2 Å². The van der Waals surface area contributed by atoms with Crippen molar-refractivity contribution in [2.45, 2.75) is 13.0 Å². The van der Waals surface area contributed by atoms with Crippen LogP contribution in [0.5, 0.6) is 5.75 Å². The van der Waals surface area contributed by atoms with Gasteiger partial charge in [0.05, 0.1) is 17.8 Å². The van der Waals surface area contributed by atoms with Gasteiger partial charge < -0.3 is 15.4 Å². The van der Waals surface area contributed by atoms with Gasteiger partial charge in [0.15, 0.2) is 0 Å². The normalized spacial score (nSPS) is 11.6. The van der Waals surface area contributed by atoms with Gasteiger partial charge in [-0.05, 0) is 37.3 Å². The van der Waals surface area contributed by atoms with Gasteiger partial charge in [-0.15, -0.1) is 0 Å². The Morgan fingerprint density at radius 3 is 2.64 bits per heavy atom. The fourth-order valence-electron chi connectivity index (χ4n) is 1.88. The number of anilines is 2. The number of halogens is 2. The van der Waals surface area contributed by atoms with Crippen molar-refractivity contribution in [2.75, 3.05) is 17.7 Å². The van der Waals surface area contributed by atoms with Crippen molar-refractivity contribution < 1.29 is 13.9 Å². The molecule has 0 aliphatic carbocycles. The number of rotatable bonds is 5. The van der Waals surface area contributed by atoms with Crippen LogP contribution < -0.4 is 15.4 Å². The average molecular weight is 323 g/mol. The molecule has 0 aliphatic rings. The van der Waals surface area contributed by atoms with E-state index in [1.807, 2.05) is 0 Å². The second-order valence-electron chi connectivity index (χ2n) is 4.68. The molecule has 0 saturated carbocycles. The zero-order chi connectivity index (χ0) is 16.1. The van der Waals surface area contributed by atoms with E-state index < -0.39 is 11.9 Å². The zero-order valence-electron chi connectivity index (χ0n) is 12.2. The molecule has 0 aliphatic heterocycles. The van der Waals surface area contributed by atoms with E-state index in [0.29, 0.717) is 16.5 Å². The van der Waals surface area contributed by atoms with Crippen molar-refractivity contribution in [3.05, 3.63) is 53.3 Å². The van der Waals surface area contributed by atoms with Crippen LogP contribution >= 0.6 is 11.6 Å². The molecule has 2 N–H and O–H groups in total. The predicted molar refractivity (Wildman–Crippen MR) is 86.1 cm³/mol. The lowest BCUT2D eigenvalue weighted by atomic mass is 10.2. The largest absolute Gasteiger partial charge is 0.495 e. The second-order valence-corrected chi connectivity index (χ2v) is 5.09. The fourth-order valence-corrected chi connectivity index (χ4v) is 2.13. The molecule has 1 atom stereocenters. The number of nitrogens with one attached hydrogen (secondary N) is 2. The van der Waals surface area contributed by atoms with Gasteiger partial charge in [-0.3, -0.25) is 4.79 Å². The summed E-state index contributed by atoms with van der Waals surface area (Å²) in [6.45, 7) is 1.67. The van der Waals surface area contributed by atoms with Crippen LogP contribution in [0.4, 0.5) is 15.8 Å². The fraction of sp³-hybridized carbons (Fsp3) is 0.188. The minimum absolute atomic E-state index is 0.147. The minimum Gasteiger partial charge on any atom is -0.495 e. The van der Waals surface area contributed by atoms with Gasteiger partial charge in [0.25, 0.3) is 0 Å². The Hall–Kier alpha value is -2.27. The summed E-state index contributed by atoms with van der Waals surface area (Å²) in [6, 6.07) is 10.5. The summed E-state index contributed by atoms with van der Waals surface area (Å²) >= 11 is 6.03. The molecule has 2 aromatic rings. The number of hydrogen-bond acceptors (Lipinski definition) is 3. The topological polar surface area (TPSA) is 50.4 Å². The van der Waals surface area contributed by atoms with Gasteiger partial charge >= 0.3 is 0 Å². The van der Waals surface area contributed by atoms with Crippen molar-refractivity contribution in [3.8, 4) is 5.75 Å². The van der Waals surface area contributed by atoms with Crippen molar-refractivity contribution in [2.24, 2.45) is 0 Å². The molecule has 0 radical (unpaired) electrons. The number of amides is 1. The monoisotopic (exact) mass is 322 g/mol. The average Bonchev–Trinajstić information content (AvgIpc) is 2.49. The Kier molecular flexibility index (Phi) is 5.22. The van der Waals surface area contributed by atoms with Crippen LogP contribution in [-0.2, 0) is 4.79 Å². The van der Waals surface area contributed by atoms with Crippen LogP contribution in [0, 0.1) is 5.82 Å². The highest BCUT2D eigenvalue weighted by molar-refractivity contribution is 6.32. The highest BCUT2D eigenvalue weighted by Crippen LogP contribution is 2.27. The van der Waals surface area contributed by atoms with E-state index in [2.05, 4.69) is 10.6 Å². The van der Waals surface area contributed by atoms with E-state index in [1.54, 1.807) is 37.3 Å². The Bertz CT molecular complexity index is 679. The molecule has 116 valence electrons. The van der Waals surface area contributed by atoms with E-state index in [0.717, 1.165) is 0 Å². The Morgan fingerprint density at radius 2 is 2.00 bits per heavy atom. The first-order valence-corrected chi connectivity index (χ1v) is 7.04. The Balaban J connectivity index is 2.02. The Morgan fingerprint density at radius 1 is 1.27 bits per heavy atom. The van der Waals surface area contributed by atoms with Crippen molar-refractivity contribution in [3.63, 3.8) is 0 Å². The lowest BCUT2D eigenvalue weighted by Gasteiger charge is -2.16. The first kappa shape index (κ1) is 16.1. The quantitative estimate of drug-likeness (QED) is 0.877. The molecular formula is C16H16ClFN2O2. The molecule has 0 heterocycles. The minimum atomic E-state index is -0.566. The number of hydrogen-bond donors (Lipinski definition) is 2. The van der Waals surface area contributed by atoms with Crippen LogP contribution in [0.15, 0.2) is 42.5 Å². The summed E-state index contributed by atoms with van der Waals surface area (Å²) in [5, 5.41) is 5.97. The van der Waals surface area contributed by atoms with Gasteiger partial charge in [-0.1, -0.05) is 23.7 Å². The van der Waals surface area contributed by atoms with E-state index in [9.17, 15) is 9.18 Å². The summed E-state index contributed by atoms with van der Waals surface area (Å²) in [4.78, 5) is 12.1. The van der Waals surface area contributed by atoms with Crippen LogP contribution in [0.1, 0.15) is 6.92 Å². The third-order valence-electron chi connectivity index (χ3n) is 3.06. The standard InChI is InChI=1S/C16H16ClFN2O2/c1-10(16(21)20-14-6-4-3-5-13(14)18)19-11-7-8-15(22-2)12(17)9-11/h3-10,19H,1-2H3,(H,20,21)/t10-/m1/s1. The zero-order valence-corrected chi connectivity index (χ0v) is 12.9. The molecule has 4 nitrogen and oxygen atoms in total. The van der Waals surface area contributed by atoms with Crippen molar-refractivity contribution in [1.29, 1.82) is 0 Å². The smallest absolute Gasteiger partial charge is 0.246 e. The van der Waals surface area contributed by atoms with Crippen LogP contribution in [0.25, 0.3) is 0 Å². The summed E-state index contributed by atoms with van der Waals surface area (Å²) in [7, 11) is 1.53. The van der Waals surface area contributed by atoms with Crippen LogP contribution in [-0.4, -0.2) is 19.1 Å². The number of carbonyl (C=O) groups is 1. The van der Waals surface area contributed by atoms with Gasteiger partial charge in [0.1, 0.15) is 17.6 Å². The maximum Gasteiger partial charge on any atom is 0.246 e. The first-order chi connectivity index (χ1) is 10.5. The van der Waals surface area contributed by atoms with E-state index >= 15 is 0 Å². The highest BCUT2D eigenvalue weighted by Gasteiger charge is 2.15. The molecule has 0 bridgehead atoms. The van der Waals surface area contributed by atoms with Gasteiger partial charge in [-0.25, -0.2) is 4.39 Å². The van der Waals surface area contributed by atoms with Crippen LogP contribution in [0.3, 0.4) is 0 Å². The predicted octanol–water partition coefficient (Wildman–Crippen LogP) is 3.93. The summed E-state index contributed by atoms with van der Waals surface area (Å²) in [5.74, 6) is -0.275. The van der Waals surface area contributed by atoms with Crippen LogP contribution in [0.2, 0.25) is 5.02 Å². The van der Waals surface area contributed by atoms with E-state index in [-0.39, 0.29) is 11.6 Å². The second kappa shape index (κ2) is 7.13. The first-order valence-electron chi connectivity index (χ1n) is 6.66.